The van der Waals surface area contributed by atoms with Crippen molar-refractivity contribution in [2.45, 2.75) is 51.4 Å². The molecule has 0 aliphatic carbocycles. The molecule has 1 aromatic heterocycles. The van der Waals surface area contributed by atoms with E-state index in [1.807, 2.05) is 42.5 Å². The third kappa shape index (κ3) is 3.73. The highest BCUT2D eigenvalue weighted by atomic mass is 16.2. The number of hydrogen-bond acceptors (Lipinski definition) is 6. The number of carbonyl (C=O) groups excluding carboxylic acids is 2. The van der Waals surface area contributed by atoms with Gasteiger partial charge >= 0.3 is 0 Å². The first-order valence-corrected chi connectivity index (χ1v) is 11.2. The van der Waals surface area contributed by atoms with Crippen LogP contribution in [0.25, 0.3) is 10.9 Å². The van der Waals surface area contributed by atoms with Crippen LogP contribution in [0.1, 0.15) is 46.9 Å². The maximum absolute atomic E-state index is 13.4. The number of aldehydes is 1. The number of likely N-dealkylation sites (tertiary alicyclic amines) is 1. The predicted molar refractivity (Wildman–Crippen MR) is 123 cm³/mol. The van der Waals surface area contributed by atoms with Gasteiger partial charge in [0.25, 0.3) is 5.91 Å². The third-order valence-corrected chi connectivity index (χ3v) is 6.74. The number of nitrogens with two attached hydrogens (primary N) is 1. The molecular formula is C25H27N5O2. The van der Waals surface area contributed by atoms with Crippen molar-refractivity contribution in [1.82, 2.24) is 19.8 Å². The van der Waals surface area contributed by atoms with Gasteiger partial charge in [-0.05, 0) is 61.6 Å². The summed E-state index contributed by atoms with van der Waals surface area (Å²) in [6.45, 7) is 4.22. The van der Waals surface area contributed by atoms with Gasteiger partial charge in [-0.25, -0.2) is 9.97 Å². The SMILES string of the molecule is CC1CCCN1C(C=O)Cc1ccc2nc(N)nc(C(=O)N3Cc4ccccc4C3)c2c1. The summed E-state index contributed by atoms with van der Waals surface area (Å²) in [4.78, 5) is 38.0. The predicted octanol–water partition coefficient (Wildman–Crippen LogP) is 2.96. The number of nitrogen functional groups attached to an aromatic ring is 1. The Labute approximate surface area is 187 Å². The van der Waals surface area contributed by atoms with Crippen molar-refractivity contribution in [3.63, 3.8) is 0 Å². The summed E-state index contributed by atoms with van der Waals surface area (Å²) < 4.78 is 0. The lowest BCUT2D eigenvalue weighted by Crippen LogP contribution is -2.40. The second-order valence-corrected chi connectivity index (χ2v) is 8.85. The highest BCUT2D eigenvalue weighted by Crippen LogP contribution is 2.27. The van der Waals surface area contributed by atoms with E-state index in [4.69, 9.17) is 5.73 Å². The van der Waals surface area contributed by atoms with Crippen LogP contribution in [0, 0.1) is 0 Å². The Morgan fingerprint density at radius 3 is 2.59 bits per heavy atom. The molecule has 2 aliphatic heterocycles. The standard InChI is InChI=1S/C25H27N5O2/c1-16-5-4-10-30(16)20(15-31)11-17-8-9-22-21(12-17)23(28-25(26)27-22)24(32)29-13-18-6-2-3-7-19(18)14-29/h2-3,6-9,12,15-16,20H,4-5,10-11,13-14H2,1H3,(H2,26,27,28). The molecule has 1 amide bonds. The first kappa shape index (κ1) is 20.6. The highest BCUT2D eigenvalue weighted by molar-refractivity contribution is 6.05. The van der Waals surface area contributed by atoms with Crippen molar-refractivity contribution < 1.29 is 9.59 Å². The summed E-state index contributed by atoms with van der Waals surface area (Å²) in [6, 6.07) is 14.1. The largest absolute Gasteiger partial charge is 0.368 e. The van der Waals surface area contributed by atoms with Crippen LogP contribution in [0.2, 0.25) is 0 Å². The molecule has 0 spiro atoms. The fraction of sp³-hybridized carbons (Fsp3) is 0.360. The normalized spacial score (nSPS) is 19.3. The van der Waals surface area contributed by atoms with Gasteiger partial charge in [-0.15, -0.1) is 0 Å². The van der Waals surface area contributed by atoms with Crippen LogP contribution in [-0.4, -0.2) is 50.6 Å². The monoisotopic (exact) mass is 429 g/mol. The molecule has 0 bridgehead atoms. The van der Waals surface area contributed by atoms with E-state index in [0.29, 0.717) is 42.1 Å². The molecule has 0 saturated carbocycles. The van der Waals surface area contributed by atoms with Crippen molar-refractivity contribution in [3.8, 4) is 0 Å². The first-order valence-electron chi connectivity index (χ1n) is 11.2. The second-order valence-electron chi connectivity index (χ2n) is 8.85. The zero-order valence-electron chi connectivity index (χ0n) is 18.2. The van der Waals surface area contributed by atoms with Crippen LogP contribution in [0.3, 0.4) is 0 Å². The molecule has 32 heavy (non-hydrogen) atoms. The van der Waals surface area contributed by atoms with Crippen LogP contribution >= 0.6 is 0 Å². The molecule has 7 heteroatoms. The van der Waals surface area contributed by atoms with E-state index >= 15 is 0 Å². The van der Waals surface area contributed by atoms with E-state index in [0.717, 1.165) is 42.4 Å². The van der Waals surface area contributed by atoms with Gasteiger partial charge in [0.1, 0.15) is 12.0 Å². The quantitative estimate of drug-likeness (QED) is 0.627. The molecule has 164 valence electrons. The molecular weight excluding hydrogens is 402 g/mol. The zero-order chi connectivity index (χ0) is 22.2. The molecule has 2 unspecified atom stereocenters. The van der Waals surface area contributed by atoms with Gasteiger partial charge in [-0.3, -0.25) is 9.69 Å². The summed E-state index contributed by atoms with van der Waals surface area (Å²) in [5.74, 6) is -0.0699. The molecule has 7 nitrogen and oxygen atoms in total. The van der Waals surface area contributed by atoms with Gasteiger partial charge in [0, 0.05) is 24.5 Å². The van der Waals surface area contributed by atoms with E-state index in [9.17, 15) is 9.59 Å². The maximum Gasteiger partial charge on any atom is 0.273 e. The van der Waals surface area contributed by atoms with Crippen LogP contribution < -0.4 is 5.73 Å². The van der Waals surface area contributed by atoms with Crippen molar-refractivity contribution in [1.29, 1.82) is 0 Å². The first-order chi connectivity index (χ1) is 15.5. The fourth-order valence-electron chi connectivity index (χ4n) is 5.04. The zero-order valence-corrected chi connectivity index (χ0v) is 18.2. The summed E-state index contributed by atoms with van der Waals surface area (Å²) >= 11 is 0. The van der Waals surface area contributed by atoms with Gasteiger partial charge < -0.3 is 15.4 Å². The van der Waals surface area contributed by atoms with Crippen LogP contribution in [0.4, 0.5) is 5.95 Å². The molecule has 2 atom stereocenters. The Kier molecular flexibility index (Phi) is 5.35. The number of rotatable bonds is 5. The molecule has 0 radical (unpaired) electrons. The topological polar surface area (TPSA) is 92.4 Å². The molecule has 3 aromatic rings. The average Bonchev–Trinajstić information content (AvgIpc) is 3.42. The van der Waals surface area contributed by atoms with Gasteiger partial charge in [-0.1, -0.05) is 30.3 Å². The summed E-state index contributed by atoms with van der Waals surface area (Å²) in [5, 5.41) is 0.678. The van der Waals surface area contributed by atoms with Crippen LogP contribution in [0.5, 0.6) is 0 Å². The Hall–Kier alpha value is -3.32. The molecule has 2 N–H and O–H groups in total. The Bertz CT molecular complexity index is 1170. The molecule has 1 fully saturated rings. The molecule has 2 aliphatic rings. The number of nitrogens with zero attached hydrogens (tertiary/aromatic N) is 4. The number of hydrogen-bond donors (Lipinski definition) is 1. The number of aromatic nitrogens is 2. The Balaban J connectivity index is 1.46. The van der Waals surface area contributed by atoms with E-state index in [1.54, 1.807) is 4.90 Å². The van der Waals surface area contributed by atoms with E-state index in [1.165, 1.54) is 0 Å². The van der Waals surface area contributed by atoms with Gasteiger partial charge in [0.05, 0.1) is 11.6 Å². The number of fused-ring (bicyclic) bond motifs is 2. The molecule has 2 aromatic carbocycles. The maximum atomic E-state index is 13.4. The molecule has 3 heterocycles. The number of amides is 1. The van der Waals surface area contributed by atoms with Gasteiger partial charge in [0.15, 0.2) is 0 Å². The van der Waals surface area contributed by atoms with Gasteiger partial charge in [-0.2, -0.15) is 0 Å². The minimum Gasteiger partial charge on any atom is -0.368 e. The second kappa shape index (κ2) is 8.31. The minimum absolute atomic E-state index is 0.0852. The number of carbonyl (C=O) groups is 2. The fourth-order valence-corrected chi connectivity index (χ4v) is 5.04. The summed E-state index contributed by atoms with van der Waals surface area (Å²) in [6.07, 6.45) is 3.87. The van der Waals surface area contributed by atoms with Gasteiger partial charge in [0.2, 0.25) is 5.95 Å². The Morgan fingerprint density at radius 2 is 1.94 bits per heavy atom. The van der Waals surface area contributed by atoms with E-state index in [2.05, 4.69) is 21.8 Å². The number of benzene rings is 2. The van der Waals surface area contributed by atoms with E-state index < -0.39 is 0 Å². The summed E-state index contributed by atoms with van der Waals surface area (Å²) in [5.41, 5.74) is 10.2. The van der Waals surface area contributed by atoms with Crippen molar-refractivity contribution in [3.05, 3.63) is 64.8 Å². The lowest BCUT2D eigenvalue weighted by molar-refractivity contribution is -0.112. The number of anilines is 1. The minimum atomic E-state index is -0.174. The lowest BCUT2D eigenvalue weighted by Gasteiger charge is -2.27. The van der Waals surface area contributed by atoms with Crippen molar-refractivity contribution in [2.24, 2.45) is 0 Å². The van der Waals surface area contributed by atoms with Crippen LogP contribution in [0.15, 0.2) is 42.5 Å². The third-order valence-electron chi connectivity index (χ3n) is 6.74. The Morgan fingerprint density at radius 1 is 1.19 bits per heavy atom. The van der Waals surface area contributed by atoms with Crippen molar-refractivity contribution in [2.75, 3.05) is 12.3 Å². The molecule has 5 rings (SSSR count). The lowest BCUT2D eigenvalue weighted by atomic mass is 10.0. The van der Waals surface area contributed by atoms with Crippen LogP contribution in [-0.2, 0) is 24.3 Å². The summed E-state index contributed by atoms with van der Waals surface area (Å²) in [7, 11) is 0. The highest BCUT2D eigenvalue weighted by Gasteiger charge is 2.29. The molecule has 1 saturated heterocycles. The van der Waals surface area contributed by atoms with Crippen molar-refractivity contribution >= 4 is 29.0 Å². The average molecular weight is 430 g/mol. The van der Waals surface area contributed by atoms with E-state index in [-0.39, 0.29) is 17.9 Å². The smallest absolute Gasteiger partial charge is 0.273 e.